The summed E-state index contributed by atoms with van der Waals surface area (Å²) < 4.78 is 2.09. The van der Waals surface area contributed by atoms with Gasteiger partial charge in [-0.25, -0.2) is 4.98 Å². The maximum atomic E-state index is 12.2. The predicted octanol–water partition coefficient (Wildman–Crippen LogP) is 2.73. The van der Waals surface area contributed by atoms with Gasteiger partial charge >= 0.3 is 0 Å². The van der Waals surface area contributed by atoms with Gasteiger partial charge in [-0.15, -0.1) is 0 Å². The highest BCUT2D eigenvalue weighted by Gasteiger charge is 2.08. The number of nitrogens with one attached hydrogen (secondary N) is 2. The number of imidazole rings is 1. The highest BCUT2D eigenvalue weighted by Crippen LogP contribution is 2.15. The second kappa shape index (κ2) is 7.17. The number of benzene rings is 2. The van der Waals surface area contributed by atoms with Crippen LogP contribution in [-0.2, 0) is 11.3 Å². The number of rotatable bonds is 5. The zero-order valence-electron chi connectivity index (χ0n) is 14.2. The van der Waals surface area contributed by atoms with E-state index in [0.717, 1.165) is 16.9 Å². The fourth-order valence-electron chi connectivity index (χ4n) is 2.77. The number of hydrogen-bond donors (Lipinski definition) is 2. The number of anilines is 1. The van der Waals surface area contributed by atoms with Gasteiger partial charge in [-0.2, -0.15) is 0 Å². The van der Waals surface area contributed by atoms with Gasteiger partial charge in [0.25, 0.3) is 5.91 Å². The molecular formula is C19H20N4O2. The SMILES string of the molecule is CC(=O)Nc1ccc(C(=O)NCCn2c(C)nc3ccccc32)cc1. The Labute approximate surface area is 145 Å². The summed E-state index contributed by atoms with van der Waals surface area (Å²) in [6, 6.07) is 14.8. The summed E-state index contributed by atoms with van der Waals surface area (Å²) >= 11 is 0. The summed E-state index contributed by atoms with van der Waals surface area (Å²) in [4.78, 5) is 27.8. The largest absolute Gasteiger partial charge is 0.350 e. The van der Waals surface area contributed by atoms with E-state index in [2.05, 4.69) is 20.2 Å². The Bertz CT molecular complexity index is 913. The third-order valence-corrected chi connectivity index (χ3v) is 3.93. The highest BCUT2D eigenvalue weighted by molar-refractivity contribution is 5.95. The molecular weight excluding hydrogens is 316 g/mol. The lowest BCUT2D eigenvalue weighted by atomic mass is 10.2. The molecule has 0 unspecified atom stereocenters. The Morgan fingerprint density at radius 3 is 2.52 bits per heavy atom. The molecule has 6 nitrogen and oxygen atoms in total. The monoisotopic (exact) mass is 336 g/mol. The van der Waals surface area contributed by atoms with Crippen molar-refractivity contribution in [2.45, 2.75) is 20.4 Å². The maximum absolute atomic E-state index is 12.2. The normalized spacial score (nSPS) is 10.6. The molecule has 0 spiro atoms. The van der Waals surface area contributed by atoms with Crippen molar-refractivity contribution in [3.05, 3.63) is 59.9 Å². The van der Waals surface area contributed by atoms with E-state index in [1.807, 2.05) is 31.2 Å². The lowest BCUT2D eigenvalue weighted by molar-refractivity contribution is -0.114. The third kappa shape index (κ3) is 3.85. The van der Waals surface area contributed by atoms with Gasteiger partial charge in [-0.3, -0.25) is 9.59 Å². The van der Waals surface area contributed by atoms with Crippen LogP contribution >= 0.6 is 0 Å². The maximum Gasteiger partial charge on any atom is 0.251 e. The summed E-state index contributed by atoms with van der Waals surface area (Å²) in [5.74, 6) is 0.645. The highest BCUT2D eigenvalue weighted by atomic mass is 16.2. The van der Waals surface area contributed by atoms with Crippen molar-refractivity contribution < 1.29 is 9.59 Å². The fourth-order valence-corrected chi connectivity index (χ4v) is 2.77. The van der Waals surface area contributed by atoms with Gasteiger partial charge in [-0.1, -0.05) is 12.1 Å². The molecule has 3 rings (SSSR count). The van der Waals surface area contributed by atoms with Gasteiger partial charge in [0.2, 0.25) is 5.91 Å². The predicted molar refractivity (Wildman–Crippen MR) is 97.5 cm³/mol. The van der Waals surface area contributed by atoms with Crippen LogP contribution in [0.2, 0.25) is 0 Å². The van der Waals surface area contributed by atoms with Crippen molar-refractivity contribution in [1.82, 2.24) is 14.9 Å². The van der Waals surface area contributed by atoms with Crippen LogP contribution < -0.4 is 10.6 Å². The van der Waals surface area contributed by atoms with E-state index in [1.54, 1.807) is 24.3 Å². The van der Waals surface area contributed by atoms with E-state index in [-0.39, 0.29) is 11.8 Å². The summed E-state index contributed by atoms with van der Waals surface area (Å²) in [5, 5.41) is 5.59. The van der Waals surface area contributed by atoms with E-state index in [9.17, 15) is 9.59 Å². The van der Waals surface area contributed by atoms with Gasteiger partial charge in [0, 0.05) is 31.3 Å². The topological polar surface area (TPSA) is 76.0 Å². The number of amides is 2. The standard InChI is InChI=1S/C19H20N4O2/c1-13-21-17-5-3-4-6-18(17)23(13)12-11-20-19(25)15-7-9-16(10-8-15)22-14(2)24/h3-10H,11-12H2,1-2H3,(H,20,25)(H,22,24). The number of hydrogen-bond acceptors (Lipinski definition) is 3. The fraction of sp³-hybridized carbons (Fsp3) is 0.211. The number of aryl methyl sites for hydroxylation is 1. The molecule has 0 radical (unpaired) electrons. The van der Waals surface area contributed by atoms with Crippen LogP contribution in [0.25, 0.3) is 11.0 Å². The van der Waals surface area contributed by atoms with E-state index in [4.69, 9.17) is 0 Å². The molecule has 0 aliphatic carbocycles. The molecule has 0 saturated heterocycles. The Morgan fingerprint density at radius 1 is 1.08 bits per heavy atom. The Morgan fingerprint density at radius 2 is 1.80 bits per heavy atom. The van der Waals surface area contributed by atoms with Crippen LogP contribution in [0.4, 0.5) is 5.69 Å². The minimum atomic E-state index is -0.142. The molecule has 6 heteroatoms. The second-order valence-electron chi connectivity index (χ2n) is 5.81. The number of aromatic nitrogens is 2. The first-order valence-corrected chi connectivity index (χ1v) is 8.12. The summed E-state index contributed by atoms with van der Waals surface area (Å²) in [7, 11) is 0. The number of para-hydroxylation sites is 2. The average Bonchev–Trinajstić information content (AvgIpc) is 2.90. The van der Waals surface area contributed by atoms with Gasteiger partial charge in [0.1, 0.15) is 5.82 Å². The Balaban J connectivity index is 1.60. The third-order valence-electron chi connectivity index (χ3n) is 3.93. The molecule has 3 aromatic rings. The van der Waals surface area contributed by atoms with E-state index in [1.165, 1.54) is 6.92 Å². The smallest absolute Gasteiger partial charge is 0.251 e. The average molecular weight is 336 g/mol. The molecule has 1 aromatic heterocycles. The molecule has 0 saturated carbocycles. The Hall–Kier alpha value is -3.15. The first-order chi connectivity index (χ1) is 12.0. The van der Waals surface area contributed by atoms with Crippen LogP contribution in [0.5, 0.6) is 0 Å². The quantitative estimate of drug-likeness (QED) is 0.752. The summed E-state index contributed by atoms with van der Waals surface area (Å²) in [6.07, 6.45) is 0. The van der Waals surface area contributed by atoms with E-state index >= 15 is 0 Å². The zero-order valence-corrected chi connectivity index (χ0v) is 14.2. The molecule has 25 heavy (non-hydrogen) atoms. The molecule has 0 bridgehead atoms. The number of nitrogens with zero attached hydrogens (tertiary/aromatic N) is 2. The van der Waals surface area contributed by atoms with Crippen LogP contribution in [0.15, 0.2) is 48.5 Å². The lowest BCUT2D eigenvalue weighted by Crippen LogP contribution is -2.27. The van der Waals surface area contributed by atoms with Crippen LogP contribution in [-0.4, -0.2) is 27.9 Å². The molecule has 0 aliphatic heterocycles. The van der Waals surface area contributed by atoms with Crippen molar-refractivity contribution in [3.63, 3.8) is 0 Å². The van der Waals surface area contributed by atoms with E-state index < -0.39 is 0 Å². The van der Waals surface area contributed by atoms with Crippen LogP contribution in [0, 0.1) is 6.92 Å². The number of carbonyl (C=O) groups excluding carboxylic acids is 2. The van der Waals surface area contributed by atoms with Gasteiger partial charge < -0.3 is 15.2 Å². The molecule has 2 aromatic carbocycles. The molecule has 0 fully saturated rings. The number of fused-ring (bicyclic) bond motifs is 1. The first kappa shape index (κ1) is 16.7. The van der Waals surface area contributed by atoms with Crippen molar-refractivity contribution in [1.29, 1.82) is 0 Å². The van der Waals surface area contributed by atoms with E-state index in [0.29, 0.717) is 24.3 Å². The molecule has 0 atom stereocenters. The molecule has 2 N–H and O–H groups in total. The lowest BCUT2D eigenvalue weighted by Gasteiger charge is -2.09. The zero-order chi connectivity index (χ0) is 17.8. The van der Waals surface area contributed by atoms with Crippen molar-refractivity contribution in [3.8, 4) is 0 Å². The summed E-state index contributed by atoms with van der Waals surface area (Å²) in [5.41, 5.74) is 3.25. The second-order valence-corrected chi connectivity index (χ2v) is 5.81. The Kier molecular flexibility index (Phi) is 4.79. The van der Waals surface area contributed by atoms with Gasteiger partial charge in [-0.05, 0) is 43.3 Å². The van der Waals surface area contributed by atoms with Crippen molar-refractivity contribution in [2.24, 2.45) is 0 Å². The molecule has 2 amide bonds. The minimum Gasteiger partial charge on any atom is -0.350 e. The van der Waals surface area contributed by atoms with Crippen LogP contribution in [0.1, 0.15) is 23.1 Å². The molecule has 128 valence electrons. The van der Waals surface area contributed by atoms with Crippen LogP contribution in [0.3, 0.4) is 0 Å². The summed E-state index contributed by atoms with van der Waals surface area (Å²) in [6.45, 7) is 4.57. The molecule has 0 aliphatic rings. The number of carbonyl (C=O) groups is 2. The first-order valence-electron chi connectivity index (χ1n) is 8.12. The van der Waals surface area contributed by atoms with Crippen molar-refractivity contribution >= 4 is 28.5 Å². The molecule has 1 heterocycles. The van der Waals surface area contributed by atoms with Crippen molar-refractivity contribution in [2.75, 3.05) is 11.9 Å². The van der Waals surface area contributed by atoms with Gasteiger partial charge in [0.15, 0.2) is 0 Å². The minimum absolute atomic E-state index is 0.139. The van der Waals surface area contributed by atoms with Gasteiger partial charge in [0.05, 0.1) is 11.0 Å².